The summed E-state index contributed by atoms with van der Waals surface area (Å²) in [7, 11) is 0. The van der Waals surface area contributed by atoms with E-state index in [2.05, 4.69) is 15.9 Å². The molecule has 0 saturated carbocycles. The molecule has 0 spiro atoms. The molecule has 1 aliphatic heterocycles. The molecule has 3 nitrogen and oxygen atoms in total. The Kier molecular flexibility index (Phi) is 3.24. The van der Waals surface area contributed by atoms with Crippen LogP contribution in [0, 0.1) is 0 Å². The van der Waals surface area contributed by atoms with Crippen LogP contribution in [0.5, 0.6) is 0 Å². The first kappa shape index (κ1) is 11.6. The lowest BCUT2D eigenvalue weighted by atomic mass is 10.1. The summed E-state index contributed by atoms with van der Waals surface area (Å²) in [5.74, 6) is 0. The van der Waals surface area contributed by atoms with Gasteiger partial charge in [-0.2, -0.15) is 0 Å². The Morgan fingerprint density at radius 2 is 1.93 bits per heavy atom. The lowest BCUT2D eigenvalue weighted by molar-refractivity contribution is 0.0214. The lowest BCUT2D eigenvalue weighted by Crippen LogP contribution is -2.47. The average Bonchev–Trinajstić information content (AvgIpc) is 1.75. The lowest BCUT2D eigenvalue weighted by Gasteiger charge is -2.35. The van der Waals surface area contributed by atoms with E-state index in [0.29, 0.717) is 13.1 Å². The van der Waals surface area contributed by atoms with Crippen molar-refractivity contribution in [3.63, 3.8) is 0 Å². The van der Waals surface area contributed by atoms with Crippen molar-refractivity contribution >= 4 is 22.0 Å². The highest BCUT2D eigenvalue weighted by Crippen LogP contribution is 2.23. The maximum Gasteiger partial charge on any atom is 0.410 e. The first-order valence-corrected chi connectivity index (χ1v) is 5.41. The van der Waals surface area contributed by atoms with Gasteiger partial charge < -0.3 is 4.74 Å². The van der Waals surface area contributed by atoms with E-state index in [9.17, 15) is 4.79 Å². The zero-order valence-corrected chi connectivity index (χ0v) is 10.6. The minimum atomic E-state index is -0.403. The molecule has 1 fully saturated rings. The summed E-state index contributed by atoms with van der Waals surface area (Å²) in [6, 6.07) is 0. The summed E-state index contributed by atoms with van der Waals surface area (Å²) in [6.07, 6.45) is -0.227. The van der Waals surface area contributed by atoms with Crippen LogP contribution in [0.3, 0.4) is 0 Å². The van der Waals surface area contributed by atoms with Crippen molar-refractivity contribution < 1.29 is 9.53 Å². The highest BCUT2D eigenvalue weighted by Gasteiger charge is 2.30. The number of carbonyl (C=O) groups is 1. The molecule has 0 atom stereocenters. The molecule has 1 rings (SSSR count). The Morgan fingerprint density at radius 3 is 2.29 bits per heavy atom. The zero-order chi connectivity index (χ0) is 10.9. The van der Waals surface area contributed by atoms with Gasteiger partial charge in [-0.05, 0) is 37.8 Å². The van der Waals surface area contributed by atoms with Gasteiger partial charge in [0.05, 0.1) is 0 Å². The molecule has 0 unspecified atom stereocenters. The van der Waals surface area contributed by atoms with Crippen molar-refractivity contribution in [2.75, 3.05) is 13.1 Å². The van der Waals surface area contributed by atoms with Gasteiger partial charge in [0, 0.05) is 13.1 Å². The molecular weight excluding hydrogens is 246 g/mol. The third-order valence-corrected chi connectivity index (χ3v) is 2.46. The van der Waals surface area contributed by atoms with Crippen LogP contribution in [-0.4, -0.2) is 29.7 Å². The van der Waals surface area contributed by atoms with Crippen LogP contribution in [0.4, 0.5) is 4.79 Å². The smallest absolute Gasteiger partial charge is 0.410 e. The van der Waals surface area contributed by atoms with Crippen LogP contribution in [0.1, 0.15) is 27.7 Å². The molecule has 0 N–H and O–H groups in total. The second-order valence-electron chi connectivity index (χ2n) is 4.47. The summed E-state index contributed by atoms with van der Waals surface area (Å²) in [6.45, 7) is 8.98. The molecule has 14 heavy (non-hydrogen) atoms. The van der Waals surface area contributed by atoms with E-state index in [1.54, 1.807) is 4.90 Å². The molecule has 80 valence electrons. The molecule has 0 aromatic rings. The van der Waals surface area contributed by atoms with Crippen LogP contribution < -0.4 is 0 Å². The van der Waals surface area contributed by atoms with Crippen LogP contribution in [0.15, 0.2) is 10.1 Å². The van der Waals surface area contributed by atoms with Crippen molar-refractivity contribution in [1.82, 2.24) is 4.90 Å². The normalized spacial score (nSPS) is 16.4. The van der Waals surface area contributed by atoms with Crippen molar-refractivity contribution in [2.24, 2.45) is 0 Å². The van der Waals surface area contributed by atoms with Gasteiger partial charge in [-0.1, -0.05) is 15.9 Å². The molecule has 1 amide bonds. The van der Waals surface area contributed by atoms with Crippen molar-refractivity contribution in [1.29, 1.82) is 0 Å². The molecule has 0 aromatic heterocycles. The van der Waals surface area contributed by atoms with Crippen molar-refractivity contribution in [2.45, 2.75) is 33.3 Å². The standard InChI is InChI=1S/C10H16BrNO2/c1-7(11)8-5-12(6-8)9(13)14-10(2,3)4/h5-6H2,1-4H3. The van der Waals surface area contributed by atoms with Crippen LogP contribution in [0.25, 0.3) is 0 Å². The number of hydrogen-bond donors (Lipinski definition) is 0. The zero-order valence-electron chi connectivity index (χ0n) is 9.06. The number of amides is 1. The number of likely N-dealkylation sites (tertiary alicyclic amines) is 1. The van der Waals surface area contributed by atoms with Gasteiger partial charge in [0.25, 0.3) is 0 Å². The second-order valence-corrected chi connectivity index (χ2v) is 5.66. The van der Waals surface area contributed by atoms with E-state index in [1.807, 2.05) is 27.7 Å². The predicted octanol–water partition coefficient (Wildman–Crippen LogP) is 2.91. The predicted molar refractivity (Wildman–Crippen MR) is 59.4 cm³/mol. The topological polar surface area (TPSA) is 29.5 Å². The number of nitrogens with zero attached hydrogens (tertiary/aromatic N) is 1. The molecule has 1 saturated heterocycles. The molecule has 0 aromatic carbocycles. The Balaban J connectivity index is 2.41. The molecular formula is C10H16BrNO2. The fraction of sp³-hybridized carbons (Fsp3) is 0.700. The first-order valence-electron chi connectivity index (χ1n) is 4.61. The SMILES string of the molecule is CC(Br)=C1CN(C(=O)OC(C)(C)C)C1. The van der Waals surface area contributed by atoms with Gasteiger partial charge in [0.1, 0.15) is 5.60 Å². The summed E-state index contributed by atoms with van der Waals surface area (Å²) >= 11 is 3.39. The van der Waals surface area contributed by atoms with E-state index in [0.717, 1.165) is 4.48 Å². The van der Waals surface area contributed by atoms with Crippen molar-refractivity contribution in [3.8, 4) is 0 Å². The van der Waals surface area contributed by atoms with Gasteiger partial charge in [-0.25, -0.2) is 4.79 Å². The van der Waals surface area contributed by atoms with Crippen LogP contribution in [-0.2, 0) is 4.74 Å². The first-order chi connectivity index (χ1) is 6.29. The molecule has 0 radical (unpaired) electrons. The van der Waals surface area contributed by atoms with E-state index in [4.69, 9.17) is 4.74 Å². The van der Waals surface area contributed by atoms with Gasteiger partial charge in [-0.3, -0.25) is 4.90 Å². The third-order valence-electron chi connectivity index (χ3n) is 1.90. The van der Waals surface area contributed by atoms with Crippen LogP contribution in [0.2, 0.25) is 0 Å². The summed E-state index contributed by atoms with van der Waals surface area (Å²) in [4.78, 5) is 13.2. The van der Waals surface area contributed by atoms with Gasteiger partial charge in [-0.15, -0.1) is 0 Å². The Hall–Kier alpha value is -0.510. The highest BCUT2D eigenvalue weighted by atomic mass is 79.9. The number of ether oxygens (including phenoxy) is 1. The average molecular weight is 262 g/mol. The van der Waals surface area contributed by atoms with E-state index in [1.165, 1.54) is 5.57 Å². The molecule has 4 heteroatoms. The molecule has 0 aliphatic carbocycles. The van der Waals surface area contributed by atoms with E-state index >= 15 is 0 Å². The Labute approximate surface area is 93.2 Å². The quantitative estimate of drug-likeness (QED) is 0.671. The molecule has 0 bridgehead atoms. The van der Waals surface area contributed by atoms with Gasteiger partial charge >= 0.3 is 6.09 Å². The van der Waals surface area contributed by atoms with E-state index < -0.39 is 5.60 Å². The number of carbonyl (C=O) groups excluding carboxylic acids is 1. The van der Waals surface area contributed by atoms with Gasteiger partial charge in [0.2, 0.25) is 0 Å². The minimum Gasteiger partial charge on any atom is -0.444 e. The minimum absolute atomic E-state index is 0.227. The Bertz CT molecular complexity index is 266. The summed E-state index contributed by atoms with van der Waals surface area (Å²) in [5.41, 5.74) is 0.857. The van der Waals surface area contributed by atoms with Crippen LogP contribution >= 0.6 is 15.9 Å². The summed E-state index contributed by atoms with van der Waals surface area (Å²) < 4.78 is 6.34. The molecule has 1 aliphatic rings. The van der Waals surface area contributed by atoms with Gasteiger partial charge in [0.15, 0.2) is 0 Å². The maximum absolute atomic E-state index is 11.5. The fourth-order valence-electron chi connectivity index (χ4n) is 1.09. The molecule has 1 heterocycles. The number of allylic oxidation sites excluding steroid dienone is 1. The Morgan fingerprint density at radius 1 is 1.43 bits per heavy atom. The highest BCUT2D eigenvalue weighted by molar-refractivity contribution is 9.11. The maximum atomic E-state index is 11.5. The number of halogens is 1. The number of rotatable bonds is 0. The summed E-state index contributed by atoms with van der Waals surface area (Å²) in [5, 5.41) is 0. The second kappa shape index (κ2) is 3.93. The fourth-order valence-corrected chi connectivity index (χ4v) is 1.34. The third kappa shape index (κ3) is 3.01. The van der Waals surface area contributed by atoms with Crippen molar-refractivity contribution in [3.05, 3.63) is 10.1 Å². The largest absolute Gasteiger partial charge is 0.444 e. The monoisotopic (exact) mass is 261 g/mol. The number of hydrogen-bond acceptors (Lipinski definition) is 2. The van der Waals surface area contributed by atoms with E-state index in [-0.39, 0.29) is 6.09 Å².